The molecule has 1 saturated carbocycles. The average Bonchev–Trinajstić information content (AvgIpc) is 2.71. The first-order chi connectivity index (χ1) is 8.58. The lowest BCUT2D eigenvalue weighted by Gasteiger charge is -2.24. The SMILES string of the molecule is CC1CN(CC(=O)C2CCCCC2)CC1N(C)C. The first-order valence-electron chi connectivity index (χ1n) is 7.49. The smallest absolute Gasteiger partial charge is 0.149 e. The van der Waals surface area contributed by atoms with E-state index in [1.165, 1.54) is 19.3 Å². The van der Waals surface area contributed by atoms with E-state index in [1.54, 1.807) is 0 Å². The Morgan fingerprint density at radius 2 is 1.83 bits per heavy atom. The number of nitrogens with zero attached hydrogens (tertiary/aromatic N) is 2. The minimum Gasteiger partial charge on any atom is -0.305 e. The van der Waals surface area contributed by atoms with Crippen molar-refractivity contribution >= 4 is 5.78 Å². The molecular weight excluding hydrogens is 224 g/mol. The zero-order valence-electron chi connectivity index (χ0n) is 12.2. The maximum absolute atomic E-state index is 12.3. The van der Waals surface area contributed by atoms with E-state index in [2.05, 4.69) is 30.8 Å². The molecule has 0 aromatic heterocycles. The normalized spacial score (nSPS) is 31.1. The van der Waals surface area contributed by atoms with Gasteiger partial charge >= 0.3 is 0 Å². The van der Waals surface area contributed by atoms with Crippen LogP contribution in [0.3, 0.4) is 0 Å². The second-order valence-corrected chi connectivity index (χ2v) is 6.50. The standard InChI is InChI=1S/C15H28N2O/c1-12-9-17(10-14(12)16(2)3)11-15(18)13-7-5-4-6-8-13/h12-14H,4-11H2,1-3H3. The first-order valence-corrected chi connectivity index (χ1v) is 7.49. The van der Waals surface area contributed by atoms with Crippen molar-refractivity contribution in [1.82, 2.24) is 9.80 Å². The van der Waals surface area contributed by atoms with Crippen LogP contribution in [0.1, 0.15) is 39.0 Å². The average molecular weight is 252 g/mol. The van der Waals surface area contributed by atoms with Gasteiger partial charge in [-0.25, -0.2) is 0 Å². The number of hydrogen-bond acceptors (Lipinski definition) is 3. The summed E-state index contributed by atoms with van der Waals surface area (Å²) in [5.41, 5.74) is 0. The van der Waals surface area contributed by atoms with Gasteiger partial charge in [0.15, 0.2) is 0 Å². The van der Waals surface area contributed by atoms with Crippen molar-refractivity contribution in [2.75, 3.05) is 33.7 Å². The van der Waals surface area contributed by atoms with Gasteiger partial charge in [0.2, 0.25) is 0 Å². The highest BCUT2D eigenvalue weighted by Gasteiger charge is 2.33. The third kappa shape index (κ3) is 3.33. The molecule has 2 atom stereocenters. The van der Waals surface area contributed by atoms with Crippen LogP contribution in [0.5, 0.6) is 0 Å². The van der Waals surface area contributed by atoms with E-state index >= 15 is 0 Å². The van der Waals surface area contributed by atoms with E-state index in [9.17, 15) is 4.79 Å². The van der Waals surface area contributed by atoms with Gasteiger partial charge in [-0.15, -0.1) is 0 Å². The molecule has 0 radical (unpaired) electrons. The van der Waals surface area contributed by atoms with Crippen molar-refractivity contribution < 1.29 is 4.79 Å². The number of Topliss-reactive ketones (excluding diaryl/α,β-unsaturated/α-hetero) is 1. The predicted octanol–water partition coefficient (Wildman–Crippen LogP) is 2.02. The van der Waals surface area contributed by atoms with Gasteiger partial charge in [0.1, 0.15) is 5.78 Å². The van der Waals surface area contributed by atoms with Crippen LogP contribution in [-0.2, 0) is 4.79 Å². The molecule has 3 nitrogen and oxygen atoms in total. The lowest BCUT2D eigenvalue weighted by atomic mass is 9.86. The minimum absolute atomic E-state index is 0.368. The van der Waals surface area contributed by atoms with Crippen LogP contribution in [-0.4, -0.2) is 55.4 Å². The summed E-state index contributed by atoms with van der Waals surface area (Å²) in [6.45, 7) is 5.14. The molecule has 104 valence electrons. The molecule has 1 aliphatic carbocycles. The van der Waals surface area contributed by atoms with E-state index < -0.39 is 0 Å². The first kappa shape index (κ1) is 14.0. The second-order valence-electron chi connectivity index (χ2n) is 6.50. The molecule has 0 aromatic carbocycles. The van der Waals surface area contributed by atoms with Crippen LogP contribution in [0.25, 0.3) is 0 Å². The van der Waals surface area contributed by atoms with Crippen LogP contribution < -0.4 is 0 Å². The van der Waals surface area contributed by atoms with Gasteiger partial charge in [-0.05, 0) is 32.9 Å². The van der Waals surface area contributed by atoms with Crippen LogP contribution in [0.4, 0.5) is 0 Å². The molecule has 1 aliphatic heterocycles. The minimum atomic E-state index is 0.368. The van der Waals surface area contributed by atoms with Gasteiger partial charge in [0.05, 0.1) is 6.54 Å². The van der Waals surface area contributed by atoms with Gasteiger partial charge in [0.25, 0.3) is 0 Å². The maximum Gasteiger partial charge on any atom is 0.149 e. The van der Waals surface area contributed by atoms with Crippen LogP contribution >= 0.6 is 0 Å². The highest BCUT2D eigenvalue weighted by Crippen LogP contribution is 2.26. The van der Waals surface area contributed by atoms with E-state index in [1.807, 2.05) is 0 Å². The largest absolute Gasteiger partial charge is 0.305 e. The molecule has 1 heterocycles. The fourth-order valence-electron chi connectivity index (χ4n) is 3.62. The van der Waals surface area contributed by atoms with Crippen molar-refractivity contribution in [2.45, 2.75) is 45.1 Å². The third-order valence-electron chi connectivity index (χ3n) is 4.75. The lowest BCUT2D eigenvalue weighted by Crippen LogP contribution is -2.36. The zero-order valence-corrected chi connectivity index (χ0v) is 12.2. The highest BCUT2D eigenvalue weighted by atomic mass is 16.1. The maximum atomic E-state index is 12.3. The molecule has 0 N–H and O–H groups in total. The molecule has 0 aromatic rings. The Balaban J connectivity index is 1.81. The molecule has 2 aliphatic rings. The van der Waals surface area contributed by atoms with E-state index in [-0.39, 0.29) is 0 Å². The quantitative estimate of drug-likeness (QED) is 0.765. The molecule has 2 unspecified atom stereocenters. The summed E-state index contributed by atoms with van der Waals surface area (Å²) in [5, 5.41) is 0. The number of likely N-dealkylation sites (N-methyl/N-ethyl adjacent to an activating group) is 1. The Hall–Kier alpha value is -0.410. The Bertz CT molecular complexity index is 284. The number of rotatable bonds is 4. The van der Waals surface area contributed by atoms with Gasteiger partial charge in [-0.3, -0.25) is 9.69 Å². The van der Waals surface area contributed by atoms with Crippen molar-refractivity contribution in [3.8, 4) is 0 Å². The van der Waals surface area contributed by atoms with Crippen molar-refractivity contribution in [1.29, 1.82) is 0 Å². The number of carbonyl (C=O) groups is 1. The number of ketones is 1. The fourth-order valence-corrected chi connectivity index (χ4v) is 3.62. The molecule has 3 heteroatoms. The predicted molar refractivity (Wildman–Crippen MR) is 74.7 cm³/mol. The lowest BCUT2D eigenvalue weighted by molar-refractivity contribution is -0.124. The molecule has 0 bridgehead atoms. The summed E-state index contributed by atoms with van der Waals surface area (Å²) in [6, 6.07) is 0.615. The van der Waals surface area contributed by atoms with Gasteiger partial charge in [-0.2, -0.15) is 0 Å². The zero-order chi connectivity index (χ0) is 13.1. The van der Waals surface area contributed by atoms with Crippen LogP contribution in [0, 0.1) is 11.8 Å². The van der Waals surface area contributed by atoms with Crippen molar-refractivity contribution in [3.63, 3.8) is 0 Å². The van der Waals surface area contributed by atoms with Gasteiger partial charge in [-0.1, -0.05) is 26.2 Å². The van der Waals surface area contributed by atoms with Gasteiger partial charge in [0, 0.05) is 25.0 Å². The molecule has 18 heavy (non-hydrogen) atoms. The summed E-state index contributed by atoms with van der Waals surface area (Å²) in [5.74, 6) is 1.55. The number of carbonyl (C=O) groups excluding carboxylic acids is 1. The summed E-state index contributed by atoms with van der Waals surface area (Å²) in [7, 11) is 4.29. The van der Waals surface area contributed by atoms with Crippen LogP contribution in [0.2, 0.25) is 0 Å². The Kier molecular flexibility index (Phi) is 4.79. The van der Waals surface area contributed by atoms with Crippen molar-refractivity contribution in [2.24, 2.45) is 11.8 Å². The Labute approximate surface area is 112 Å². The van der Waals surface area contributed by atoms with Gasteiger partial charge < -0.3 is 4.90 Å². The summed E-state index contributed by atoms with van der Waals surface area (Å²) in [4.78, 5) is 17.0. The number of likely N-dealkylation sites (tertiary alicyclic amines) is 1. The van der Waals surface area contributed by atoms with Crippen molar-refractivity contribution in [3.05, 3.63) is 0 Å². The van der Waals surface area contributed by atoms with E-state index in [0.717, 1.165) is 25.9 Å². The third-order valence-corrected chi connectivity index (χ3v) is 4.75. The molecule has 1 saturated heterocycles. The molecule has 0 amide bonds. The van der Waals surface area contributed by atoms with Crippen LogP contribution in [0.15, 0.2) is 0 Å². The molecular formula is C15H28N2O. The summed E-state index contributed by atoms with van der Waals surface area (Å²) in [6.07, 6.45) is 6.12. The second kappa shape index (κ2) is 6.16. The Morgan fingerprint density at radius 1 is 1.17 bits per heavy atom. The monoisotopic (exact) mass is 252 g/mol. The molecule has 2 rings (SSSR count). The topological polar surface area (TPSA) is 23.6 Å². The Morgan fingerprint density at radius 3 is 2.39 bits per heavy atom. The highest BCUT2D eigenvalue weighted by molar-refractivity contribution is 5.83. The fraction of sp³-hybridized carbons (Fsp3) is 0.933. The summed E-state index contributed by atoms with van der Waals surface area (Å²) >= 11 is 0. The molecule has 0 spiro atoms. The molecule has 2 fully saturated rings. The summed E-state index contributed by atoms with van der Waals surface area (Å²) < 4.78 is 0. The van der Waals surface area contributed by atoms with E-state index in [4.69, 9.17) is 0 Å². The number of hydrogen-bond donors (Lipinski definition) is 0. The van der Waals surface area contributed by atoms with E-state index in [0.29, 0.717) is 30.2 Å².